The van der Waals surface area contributed by atoms with Crippen LogP contribution in [0, 0.1) is 6.92 Å². The zero-order valence-electron chi connectivity index (χ0n) is 7.01. The summed E-state index contributed by atoms with van der Waals surface area (Å²) in [5, 5.41) is 9.88. The Labute approximate surface area is 69.8 Å². The zero-order valence-corrected chi connectivity index (χ0v) is 7.01. The second kappa shape index (κ2) is 2.23. The lowest BCUT2D eigenvalue weighted by atomic mass is 10.2. The summed E-state index contributed by atoms with van der Waals surface area (Å²) in [6, 6.07) is 0. The number of nitrogens with zero attached hydrogens (tertiary/aromatic N) is 2. The van der Waals surface area contributed by atoms with Gasteiger partial charge in [0.15, 0.2) is 0 Å². The van der Waals surface area contributed by atoms with Crippen molar-refractivity contribution in [3.63, 3.8) is 0 Å². The van der Waals surface area contributed by atoms with Crippen molar-refractivity contribution in [2.24, 2.45) is 7.05 Å². The summed E-state index contributed by atoms with van der Waals surface area (Å²) >= 11 is 0. The second-order valence-electron chi connectivity index (χ2n) is 2.79. The minimum absolute atomic E-state index is 0.0631. The molecule has 1 aromatic heterocycles. The van der Waals surface area contributed by atoms with Crippen LogP contribution in [0.4, 0.5) is 5.69 Å². The Hall–Kier alpha value is -1.52. The number of amides is 1. The molecule has 5 nitrogen and oxygen atoms in total. The molecule has 0 spiro atoms. The number of carbonyl (C=O) groups excluding carboxylic acids is 1. The Kier molecular flexibility index (Phi) is 1.33. The Morgan fingerprint density at radius 2 is 2.25 bits per heavy atom. The van der Waals surface area contributed by atoms with Crippen molar-refractivity contribution in [3.8, 4) is 0 Å². The predicted octanol–water partition coefficient (Wildman–Crippen LogP) is -0.159. The smallest absolute Gasteiger partial charge is 0.273 e. The Bertz CT molecular complexity index is 341. The molecular formula is C7H10N4O. The third kappa shape index (κ3) is 0.792. The van der Waals surface area contributed by atoms with Crippen molar-refractivity contribution in [3.05, 3.63) is 11.4 Å². The standard InChI is InChI=1S/C7H10N4O/c1-4-5-6(11(2)10-4)7(12)9-3-8-5/h8H,3H2,1-2H3,(H,9,12). The van der Waals surface area contributed by atoms with Crippen molar-refractivity contribution < 1.29 is 4.79 Å². The molecule has 0 radical (unpaired) electrons. The van der Waals surface area contributed by atoms with Gasteiger partial charge in [0.05, 0.1) is 18.1 Å². The Balaban J connectivity index is 2.62. The van der Waals surface area contributed by atoms with Crippen LogP contribution in [-0.2, 0) is 7.05 Å². The summed E-state index contributed by atoms with van der Waals surface area (Å²) in [7, 11) is 1.76. The molecule has 0 unspecified atom stereocenters. The van der Waals surface area contributed by atoms with E-state index in [1.807, 2.05) is 6.92 Å². The molecule has 12 heavy (non-hydrogen) atoms. The lowest BCUT2D eigenvalue weighted by Gasteiger charge is -2.15. The van der Waals surface area contributed by atoms with E-state index in [1.165, 1.54) is 0 Å². The van der Waals surface area contributed by atoms with E-state index in [0.29, 0.717) is 12.4 Å². The van der Waals surface area contributed by atoms with Crippen LogP contribution in [0.1, 0.15) is 16.2 Å². The van der Waals surface area contributed by atoms with Gasteiger partial charge in [-0.05, 0) is 6.92 Å². The fourth-order valence-electron chi connectivity index (χ4n) is 1.43. The number of anilines is 1. The molecule has 1 aliphatic heterocycles. The van der Waals surface area contributed by atoms with E-state index in [1.54, 1.807) is 11.7 Å². The van der Waals surface area contributed by atoms with Gasteiger partial charge in [-0.3, -0.25) is 9.48 Å². The molecule has 0 fully saturated rings. The van der Waals surface area contributed by atoms with Gasteiger partial charge in [0, 0.05) is 7.05 Å². The average molecular weight is 166 g/mol. The molecule has 1 amide bonds. The van der Waals surface area contributed by atoms with E-state index in [0.717, 1.165) is 11.4 Å². The fourth-order valence-corrected chi connectivity index (χ4v) is 1.43. The van der Waals surface area contributed by atoms with Crippen LogP contribution in [0.2, 0.25) is 0 Å². The Morgan fingerprint density at radius 3 is 2.92 bits per heavy atom. The number of hydrogen-bond donors (Lipinski definition) is 2. The fraction of sp³-hybridized carbons (Fsp3) is 0.429. The minimum Gasteiger partial charge on any atom is -0.364 e. The van der Waals surface area contributed by atoms with E-state index in [4.69, 9.17) is 0 Å². The van der Waals surface area contributed by atoms with E-state index < -0.39 is 0 Å². The highest BCUT2D eigenvalue weighted by Crippen LogP contribution is 2.20. The molecule has 0 saturated heterocycles. The summed E-state index contributed by atoms with van der Waals surface area (Å²) in [6.45, 7) is 2.36. The maximum atomic E-state index is 11.3. The third-order valence-corrected chi connectivity index (χ3v) is 1.95. The molecule has 0 bridgehead atoms. The van der Waals surface area contributed by atoms with Crippen LogP contribution in [0.25, 0.3) is 0 Å². The monoisotopic (exact) mass is 166 g/mol. The summed E-state index contributed by atoms with van der Waals surface area (Å²) in [4.78, 5) is 11.3. The van der Waals surface area contributed by atoms with Crippen LogP contribution in [0.15, 0.2) is 0 Å². The highest BCUT2D eigenvalue weighted by Gasteiger charge is 2.22. The maximum Gasteiger partial charge on any atom is 0.273 e. The first kappa shape index (κ1) is 7.15. The molecule has 2 heterocycles. The van der Waals surface area contributed by atoms with E-state index in [2.05, 4.69) is 15.7 Å². The van der Waals surface area contributed by atoms with Gasteiger partial charge in [0.1, 0.15) is 5.69 Å². The van der Waals surface area contributed by atoms with Crippen LogP contribution in [0.5, 0.6) is 0 Å². The normalized spacial score (nSPS) is 15.0. The number of aromatic nitrogens is 2. The van der Waals surface area contributed by atoms with Gasteiger partial charge in [-0.1, -0.05) is 0 Å². The van der Waals surface area contributed by atoms with Crippen molar-refractivity contribution in [2.45, 2.75) is 6.92 Å². The lowest BCUT2D eigenvalue weighted by molar-refractivity contribution is 0.0943. The first-order valence-corrected chi connectivity index (χ1v) is 3.76. The topological polar surface area (TPSA) is 59.0 Å². The highest BCUT2D eigenvalue weighted by atomic mass is 16.2. The van der Waals surface area contributed by atoms with E-state index >= 15 is 0 Å². The van der Waals surface area contributed by atoms with Gasteiger partial charge < -0.3 is 10.6 Å². The molecule has 0 aliphatic carbocycles. The highest BCUT2D eigenvalue weighted by molar-refractivity contribution is 6.00. The van der Waals surface area contributed by atoms with Crippen molar-refractivity contribution in [2.75, 3.05) is 12.0 Å². The summed E-state index contributed by atoms with van der Waals surface area (Å²) in [6.07, 6.45) is 0. The van der Waals surface area contributed by atoms with Gasteiger partial charge in [0.2, 0.25) is 0 Å². The van der Waals surface area contributed by atoms with Crippen molar-refractivity contribution >= 4 is 11.6 Å². The first-order valence-electron chi connectivity index (χ1n) is 3.76. The summed E-state index contributed by atoms with van der Waals surface area (Å²) in [5.74, 6) is -0.0631. The van der Waals surface area contributed by atoms with Gasteiger partial charge in [-0.15, -0.1) is 0 Å². The average Bonchev–Trinajstić information content (AvgIpc) is 2.29. The molecule has 1 aliphatic rings. The molecule has 64 valence electrons. The number of aryl methyl sites for hydroxylation is 2. The quantitative estimate of drug-likeness (QED) is 0.563. The largest absolute Gasteiger partial charge is 0.364 e. The van der Waals surface area contributed by atoms with Crippen LogP contribution >= 0.6 is 0 Å². The SMILES string of the molecule is Cc1nn(C)c2c1NCNC2=O. The van der Waals surface area contributed by atoms with Gasteiger partial charge in [-0.2, -0.15) is 5.10 Å². The number of fused-ring (bicyclic) bond motifs is 1. The van der Waals surface area contributed by atoms with E-state index in [-0.39, 0.29) is 5.91 Å². The van der Waals surface area contributed by atoms with Crippen LogP contribution < -0.4 is 10.6 Å². The Morgan fingerprint density at radius 1 is 1.50 bits per heavy atom. The molecule has 0 atom stereocenters. The molecule has 1 aromatic rings. The molecule has 0 aromatic carbocycles. The number of nitrogens with one attached hydrogen (secondary N) is 2. The zero-order chi connectivity index (χ0) is 8.72. The third-order valence-electron chi connectivity index (χ3n) is 1.95. The molecule has 5 heteroatoms. The molecule has 2 rings (SSSR count). The number of hydrogen-bond acceptors (Lipinski definition) is 3. The van der Waals surface area contributed by atoms with Gasteiger partial charge in [-0.25, -0.2) is 0 Å². The van der Waals surface area contributed by atoms with Crippen LogP contribution in [0.3, 0.4) is 0 Å². The predicted molar refractivity (Wildman–Crippen MR) is 43.9 cm³/mol. The second-order valence-corrected chi connectivity index (χ2v) is 2.79. The first-order chi connectivity index (χ1) is 5.70. The summed E-state index contributed by atoms with van der Waals surface area (Å²) in [5.41, 5.74) is 2.32. The van der Waals surface area contributed by atoms with Gasteiger partial charge >= 0.3 is 0 Å². The number of rotatable bonds is 0. The van der Waals surface area contributed by atoms with Crippen molar-refractivity contribution in [1.82, 2.24) is 15.1 Å². The molecular weight excluding hydrogens is 156 g/mol. The summed E-state index contributed by atoms with van der Waals surface area (Å²) < 4.78 is 1.59. The molecule has 2 N–H and O–H groups in total. The maximum absolute atomic E-state index is 11.3. The van der Waals surface area contributed by atoms with Gasteiger partial charge in [0.25, 0.3) is 5.91 Å². The lowest BCUT2D eigenvalue weighted by Crippen LogP contribution is -2.35. The minimum atomic E-state index is -0.0631. The van der Waals surface area contributed by atoms with Crippen LogP contribution in [-0.4, -0.2) is 22.4 Å². The van der Waals surface area contributed by atoms with E-state index in [9.17, 15) is 4.79 Å². The number of carbonyl (C=O) groups is 1. The van der Waals surface area contributed by atoms with Crippen molar-refractivity contribution in [1.29, 1.82) is 0 Å². The molecule has 0 saturated carbocycles.